The topological polar surface area (TPSA) is 75.6 Å². The summed E-state index contributed by atoms with van der Waals surface area (Å²) >= 11 is 6.00. The van der Waals surface area contributed by atoms with E-state index in [1.165, 1.54) is 7.11 Å². The van der Waals surface area contributed by atoms with E-state index in [-0.39, 0.29) is 5.91 Å². The van der Waals surface area contributed by atoms with Crippen molar-refractivity contribution in [2.24, 2.45) is 0 Å². The first-order valence-electron chi connectivity index (χ1n) is 10.3. The molecule has 3 aromatic carbocycles. The van der Waals surface area contributed by atoms with Crippen molar-refractivity contribution < 1.29 is 19.4 Å². The van der Waals surface area contributed by atoms with Gasteiger partial charge in [-0.3, -0.25) is 9.59 Å². The number of amides is 1. The number of carbonyl (C=O) groups excluding carboxylic acids is 1. The predicted molar refractivity (Wildman–Crippen MR) is 127 cm³/mol. The number of carbonyl (C=O) groups is 2. The molecule has 6 heteroatoms. The van der Waals surface area contributed by atoms with E-state index >= 15 is 0 Å². The van der Waals surface area contributed by atoms with Crippen molar-refractivity contribution in [3.63, 3.8) is 0 Å². The molecule has 0 aliphatic carbocycles. The van der Waals surface area contributed by atoms with Crippen LogP contribution in [0.2, 0.25) is 5.02 Å². The fourth-order valence-electron chi connectivity index (χ4n) is 3.34. The lowest BCUT2D eigenvalue weighted by Crippen LogP contribution is -2.28. The molecule has 0 spiro atoms. The number of aliphatic carboxylic acids is 1. The second kappa shape index (κ2) is 9.88. The van der Waals surface area contributed by atoms with E-state index in [4.69, 9.17) is 16.3 Å². The smallest absolute Gasteiger partial charge is 0.313 e. The Labute approximate surface area is 193 Å². The molecule has 32 heavy (non-hydrogen) atoms. The highest BCUT2D eigenvalue weighted by Crippen LogP contribution is 2.27. The lowest BCUT2D eigenvalue weighted by atomic mass is 9.84. The van der Waals surface area contributed by atoms with Gasteiger partial charge in [-0.05, 0) is 60.7 Å². The van der Waals surface area contributed by atoms with Gasteiger partial charge in [0.15, 0.2) is 0 Å². The average Bonchev–Trinajstić information content (AvgIpc) is 2.79. The Bertz CT molecular complexity index is 1110. The van der Waals surface area contributed by atoms with Crippen LogP contribution in [-0.4, -0.2) is 30.6 Å². The third kappa shape index (κ3) is 5.29. The maximum Gasteiger partial charge on any atom is 0.313 e. The summed E-state index contributed by atoms with van der Waals surface area (Å²) in [7, 11) is 1.52. The average molecular weight is 452 g/mol. The zero-order valence-corrected chi connectivity index (χ0v) is 19.1. The van der Waals surface area contributed by atoms with Crippen LogP contribution in [0, 0.1) is 0 Å². The summed E-state index contributed by atoms with van der Waals surface area (Å²) in [6, 6.07) is 20.6. The normalized spacial score (nSPS) is 11.1. The molecule has 0 aliphatic heterocycles. The summed E-state index contributed by atoms with van der Waals surface area (Å²) in [4.78, 5) is 23.9. The maximum atomic E-state index is 12.5. The second-order valence-electron chi connectivity index (χ2n) is 8.05. The Morgan fingerprint density at radius 3 is 2.12 bits per heavy atom. The Balaban J connectivity index is 1.60. The van der Waals surface area contributed by atoms with Gasteiger partial charge in [-0.2, -0.15) is 0 Å². The molecule has 1 amide bonds. The zero-order valence-electron chi connectivity index (χ0n) is 18.3. The van der Waals surface area contributed by atoms with E-state index in [1.807, 2.05) is 48.5 Å². The molecule has 0 fully saturated rings. The molecular weight excluding hydrogens is 426 g/mol. The number of halogens is 1. The van der Waals surface area contributed by atoms with E-state index in [0.717, 1.165) is 22.3 Å². The minimum absolute atomic E-state index is 0.231. The summed E-state index contributed by atoms with van der Waals surface area (Å²) in [5.74, 6) is -0.602. The van der Waals surface area contributed by atoms with Gasteiger partial charge < -0.3 is 15.2 Å². The van der Waals surface area contributed by atoms with Crippen molar-refractivity contribution in [3.05, 3.63) is 88.4 Å². The standard InChI is InChI=1S/C26H26ClNO4/c1-26(2,25(30)31)20-10-8-19(9-11-20)18-6-4-17(5-7-18)14-15-28-24(29)22-16-21(27)12-13-23(22)32-3/h4-13,16H,14-15H2,1-3H3,(H,28,29)(H,30,31). The molecule has 5 nitrogen and oxygen atoms in total. The number of hydrogen-bond acceptors (Lipinski definition) is 3. The molecule has 0 bridgehead atoms. The Morgan fingerprint density at radius 1 is 0.969 bits per heavy atom. The minimum atomic E-state index is -0.929. The Kier molecular flexibility index (Phi) is 7.21. The Morgan fingerprint density at radius 2 is 1.56 bits per heavy atom. The van der Waals surface area contributed by atoms with Crippen LogP contribution >= 0.6 is 11.6 Å². The van der Waals surface area contributed by atoms with Gasteiger partial charge >= 0.3 is 5.97 Å². The fraction of sp³-hybridized carbons (Fsp3) is 0.231. The molecule has 0 unspecified atom stereocenters. The number of benzene rings is 3. The number of methoxy groups -OCH3 is 1. The van der Waals surface area contributed by atoms with Gasteiger partial charge in [0, 0.05) is 11.6 Å². The van der Waals surface area contributed by atoms with E-state index in [9.17, 15) is 14.7 Å². The van der Waals surface area contributed by atoms with Gasteiger partial charge in [0.25, 0.3) is 5.91 Å². The van der Waals surface area contributed by atoms with Gasteiger partial charge in [-0.1, -0.05) is 60.1 Å². The van der Waals surface area contributed by atoms with Gasteiger partial charge in [0.05, 0.1) is 18.1 Å². The van der Waals surface area contributed by atoms with Gasteiger partial charge in [-0.15, -0.1) is 0 Å². The third-order valence-electron chi connectivity index (χ3n) is 5.53. The number of carboxylic acids is 1. The van der Waals surface area contributed by atoms with E-state index < -0.39 is 11.4 Å². The highest BCUT2D eigenvalue weighted by Gasteiger charge is 2.29. The Hall–Kier alpha value is -3.31. The molecule has 3 rings (SSSR count). The van der Waals surface area contributed by atoms with Crippen LogP contribution in [0.25, 0.3) is 11.1 Å². The lowest BCUT2D eigenvalue weighted by Gasteiger charge is -2.19. The highest BCUT2D eigenvalue weighted by atomic mass is 35.5. The first kappa shape index (κ1) is 23.4. The maximum absolute atomic E-state index is 12.5. The number of carboxylic acid groups (broad SMARTS) is 1. The van der Waals surface area contributed by atoms with Gasteiger partial charge in [0.1, 0.15) is 5.75 Å². The van der Waals surface area contributed by atoms with Gasteiger partial charge in [0.2, 0.25) is 0 Å². The van der Waals surface area contributed by atoms with Gasteiger partial charge in [-0.25, -0.2) is 0 Å². The summed E-state index contributed by atoms with van der Waals surface area (Å²) in [6.45, 7) is 3.87. The molecule has 3 aromatic rings. The summed E-state index contributed by atoms with van der Waals surface area (Å²) < 4.78 is 5.23. The van der Waals surface area contributed by atoms with Crippen LogP contribution in [0.5, 0.6) is 5.75 Å². The summed E-state index contributed by atoms with van der Waals surface area (Å²) in [6.07, 6.45) is 0.681. The van der Waals surface area contributed by atoms with E-state index in [1.54, 1.807) is 32.0 Å². The largest absolute Gasteiger partial charge is 0.496 e. The molecule has 0 heterocycles. The molecule has 0 radical (unpaired) electrons. The van der Waals surface area contributed by atoms with E-state index in [0.29, 0.717) is 29.3 Å². The molecule has 166 valence electrons. The number of nitrogens with one attached hydrogen (secondary N) is 1. The minimum Gasteiger partial charge on any atom is -0.496 e. The van der Waals surface area contributed by atoms with Crippen molar-refractivity contribution in [1.82, 2.24) is 5.32 Å². The van der Waals surface area contributed by atoms with Crippen molar-refractivity contribution in [1.29, 1.82) is 0 Å². The van der Waals surface area contributed by atoms with Crippen molar-refractivity contribution in [2.75, 3.05) is 13.7 Å². The summed E-state index contributed by atoms with van der Waals surface area (Å²) in [5.41, 5.74) is 3.39. The number of hydrogen-bond donors (Lipinski definition) is 2. The molecule has 0 saturated carbocycles. The number of rotatable bonds is 8. The SMILES string of the molecule is COc1ccc(Cl)cc1C(=O)NCCc1ccc(-c2ccc(C(C)(C)C(=O)O)cc2)cc1. The van der Waals surface area contributed by atoms with Crippen LogP contribution < -0.4 is 10.1 Å². The molecular formula is C26H26ClNO4. The molecule has 0 atom stereocenters. The highest BCUT2D eigenvalue weighted by molar-refractivity contribution is 6.31. The quantitative estimate of drug-likeness (QED) is 0.484. The van der Waals surface area contributed by atoms with Crippen LogP contribution in [-0.2, 0) is 16.6 Å². The van der Waals surface area contributed by atoms with E-state index in [2.05, 4.69) is 5.32 Å². The summed E-state index contributed by atoms with van der Waals surface area (Å²) in [5, 5.41) is 12.8. The van der Waals surface area contributed by atoms with Crippen molar-refractivity contribution >= 4 is 23.5 Å². The first-order valence-corrected chi connectivity index (χ1v) is 10.6. The van der Waals surface area contributed by atoms with Crippen molar-refractivity contribution in [2.45, 2.75) is 25.7 Å². The third-order valence-corrected chi connectivity index (χ3v) is 5.77. The molecule has 0 saturated heterocycles. The monoisotopic (exact) mass is 451 g/mol. The second-order valence-corrected chi connectivity index (χ2v) is 8.49. The van der Waals surface area contributed by atoms with Crippen LogP contribution in [0.3, 0.4) is 0 Å². The van der Waals surface area contributed by atoms with Crippen molar-refractivity contribution in [3.8, 4) is 16.9 Å². The van der Waals surface area contributed by atoms with Crippen LogP contribution in [0.15, 0.2) is 66.7 Å². The number of ether oxygens (including phenoxy) is 1. The molecule has 0 aromatic heterocycles. The molecule has 0 aliphatic rings. The fourth-order valence-corrected chi connectivity index (χ4v) is 3.51. The van der Waals surface area contributed by atoms with Crippen LogP contribution in [0.4, 0.5) is 0 Å². The lowest BCUT2D eigenvalue weighted by molar-refractivity contribution is -0.142. The predicted octanol–water partition coefficient (Wildman–Crippen LogP) is 5.35. The van der Waals surface area contributed by atoms with Crippen LogP contribution in [0.1, 0.15) is 35.3 Å². The zero-order chi connectivity index (χ0) is 23.3. The molecule has 2 N–H and O–H groups in total. The first-order chi connectivity index (χ1) is 15.2.